The maximum atomic E-state index is 12.9. The molecule has 9 nitrogen and oxygen atoms in total. The molecule has 1 unspecified atom stereocenters. The lowest BCUT2D eigenvalue weighted by atomic mass is 9.86. The molecule has 1 aliphatic rings. The number of H-pyrrole nitrogens is 1. The smallest absolute Gasteiger partial charge is 0.327 e. The van der Waals surface area contributed by atoms with Crippen LogP contribution in [0.25, 0.3) is 10.9 Å². The minimum Gasteiger partial charge on any atom is -0.497 e. The first-order valence-electron chi connectivity index (χ1n) is 9.65. The van der Waals surface area contributed by atoms with Crippen LogP contribution >= 0.6 is 0 Å². The molecule has 0 radical (unpaired) electrons. The van der Waals surface area contributed by atoms with Crippen LogP contribution < -0.4 is 15.6 Å². The lowest BCUT2D eigenvalue weighted by Crippen LogP contribution is -2.29. The van der Waals surface area contributed by atoms with Crippen LogP contribution in [0.5, 0.6) is 5.75 Å². The zero-order valence-electron chi connectivity index (χ0n) is 16.9. The fourth-order valence-corrected chi connectivity index (χ4v) is 3.91. The molecule has 0 spiro atoms. The van der Waals surface area contributed by atoms with Gasteiger partial charge in [-0.25, -0.2) is 4.68 Å². The summed E-state index contributed by atoms with van der Waals surface area (Å²) in [5, 5.41) is 8.00. The number of carbonyl (C=O) groups is 2. The van der Waals surface area contributed by atoms with Gasteiger partial charge in [0.05, 0.1) is 19.4 Å². The van der Waals surface area contributed by atoms with Crippen LogP contribution in [0.2, 0.25) is 0 Å². The first-order valence-corrected chi connectivity index (χ1v) is 9.65. The number of methoxy groups -OCH3 is 1. The van der Waals surface area contributed by atoms with Crippen molar-refractivity contribution in [3.05, 3.63) is 51.4 Å². The lowest BCUT2D eigenvalue weighted by molar-refractivity contribution is -0.144. The highest BCUT2D eigenvalue weighted by molar-refractivity contribution is 5.95. The summed E-state index contributed by atoms with van der Waals surface area (Å²) in [6.07, 6.45) is 0.109. The number of aryl methyl sites for hydroxylation is 1. The van der Waals surface area contributed by atoms with Crippen LogP contribution in [0.1, 0.15) is 36.1 Å². The summed E-state index contributed by atoms with van der Waals surface area (Å²) in [6.45, 7) is 3.65. The molecule has 0 saturated heterocycles. The number of ether oxygens (including phenoxy) is 2. The number of pyridine rings is 1. The van der Waals surface area contributed by atoms with Gasteiger partial charge in [0.15, 0.2) is 0 Å². The third-order valence-corrected chi connectivity index (χ3v) is 5.21. The molecule has 1 atom stereocenters. The Hall–Kier alpha value is -3.62. The number of hydrogen-bond acceptors (Lipinski definition) is 6. The van der Waals surface area contributed by atoms with Crippen molar-refractivity contribution in [2.24, 2.45) is 0 Å². The minimum atomic E-state index is -0.482. The maximum absolute atomic E-state index is 12.9. The molecule has 3 heterocycles. The SMILES string of the molecule is CCOC(=O)Cn1nc(C)c2c1NC(=O)CC2c1cc2cc(OC)ccc2[nH]c1=O. The van der Waals surface area contributed by atoms with E-state index in [1.165, 1.54) is 4.68 Å². The molecule has 156 valence electrons. The van der Waals surface area contributed by atoms with Gasteiger partial charge in [0.25, 0.3) is 5.56 Å². The Labute approximate surface area is 172 Å². The number of fused-ring (bicyclic) bond motifs is 2. The summed E-state index contributed by atoms with van der Waals surface area (Å²) < 4.78 is 11.7. The number of benzene rings is 1. The van der Waals surface area contributed by atoms with E-state index < -0.39 is 11.9 Å². The van der Waals surface area contributed by atoms with E-state index in [1.807, 2.05) is 6.07 Å². The minimum absolute atomic E-state index is 0.109. The van der Waals surface area contributed by atoms with Gasteiger partial charge in [-0.1, -0.05) is 0 Å². The molecule has 4 rings (SSSR count). The van der Waals surface area contributed by atoms with Gasteiger partial charge in [-0.3, -0.25) is 14.4 Å². The second-order valence-corrected chi connectivity index (χ2v) is 7.12. The molecule has 1 aliphatic heterocycles. The normalized spacial score (nSPS) is 15.6. The maximum Gasteiger partial charge on any atom is 0.327 e. The van der Waals surface area contributed by atoms with Gasteiger partial charge < -0.3 is 19.8 Å². The Kier molecular flexibility index (Phi) is 5.03. The second kappa shape index (κ2) is 7.66. The predicted octanol–water partition coefficient (Wildman–Crippen LogP) is 2.08. The van der Waals surface area contributed by atoms with Crippen LogP contribution in [-0.2, 0) is 20.9 Å². The average Bonchev–Trinajstić information content (AvgIpc) is 3.01. The van der Waals surface area contributed by atoms with E-state index >= 15 is 0 Å². The van der Waals surface area contributed by atoms with Gasteiger partial charge in [-0.05, 0) is 38.1 Å². The Morgan fingerprint density at radius 1 is 1.30 bits per heavy atom. The summed E-state index contributed by atoms with van der Waals surface area (Å²) in [6, 6.07) is 7.16. The monoisotopic (exact) mass is 410 g/mol. The Balaban J connectivity index is 1.83. The van der Waals surface area contributed by atoms with Crippen molar-refractivity contribution in [3.63, 3.8) is 0 Å². The Bertz CT molecular complexity index is 1210. The van der Waals surface area contributed by atoms with E-state index in [2.05, 4.69) is 15.4 Å². The topological polar surface area (TPSA) is 115 Å². The van der Waals surface area contributed by atoms with Gasteiger partial charge in [0.2, 0.25) is 5.91 Å². The van der Waals surface area contributed by atoms with Crippen molar-refractivity contribution in [3.8, 4) is 5.75 Å². The number of aromatic nitrogens is 3. The van der Waals surface area contributed by atoms with Gasteiger partial charge in [-0.15, -0.1) is 0 Å². The summed E-state index contributed by atoms with van der Waals surface area (Å²) in [5.41, 5.74) is 2.25. The number of aromatic amines is 1. The molecule has 0 aliphatic carbocycles. The molecular weight excluding hydrogens is 388 g/mol. The van der Waals surface area contributed by atoms with Crippen LogP contribution in [0.15, 0.2) is 29.1 Å². The molecule has 3 aromatic rings. The average molecular weight is 410 g/mol. The number of nitrogens with zero attached hydrogens (tertiary/aromatic N) is 2. The number of hydrogen-bond donors (Lipinski definition) is 2. The van der Waals surface area contributed by atoms with Gasteiger partial charge in [-0.2, -0.15) is 5.10 Å². The third-order valence-electron chi connectivity index (χ3n) is 5.21. The van der Waals surface area contributed by atoms with E-state index in [4.69, 9.17) is 9.47 Å². The Morgan fingerprint density at radius 3 is 2.83 bits per heavy atom. The highest BCUT2D eigenvalue weighted by atomic mass is 16.5. The van der Waals surface area contributed by atoms with E-state index in [-0.39, 0.29) is 31.0 Å². The van der Waals surface area contributed by atoms with Crippen LogP contribution in [-0.4, -0.2) is 40.4 Å². The van der Waals surface area contributed by atoms with Crippen molar-refractivity contribution in [2.75, 3.05) is 19.0 Å². The predicted molar refractivity (Wildman–Crippen MR) is 110 cm³/mol. The summed E-state index contributed by atoms with van der Waals surface area (Å²) in [7, 11) is 1.58. The fraction of sp³-hybridized carbons (Fsp3) is 0.333. The molecule has 1 amide bonds. The molecule has 2 N–H and O–H groups in total. The van der Waals surface area contributed by atoms with Gasteiger partial charge in [0.1, 0.15) is 18.1 Å². The van der Waals surface area contributed by atoms with Crippen molar-refractivity contribution in [2.45, 2.75) is 32.7 Å². The van der Waals surface area contributed by atoms with E-state index in [0.29, 0.717) is 28.3 Å². The summed E-state index contributed by atoms with van der Waals surface area (Å²) in [4.78, 5) is 40.1. The first kappa shape index (κ1) is 19.7. The summed E-state index contributed by atoms with van der Waals surface area (Å²) in [5.74, 6) is -0.0885. The number of nitrogens with one attached hydrogen (secondary N) is 2. The molecule has 30 heavy (non-hydrogen) atoms. The van der Waals surface area contributed by atoms with Gasteiger partial charge >= 0.3 is 5.97 Å². The van der Waals surface area contributed by atoms with Crippen molar-refractivity contribution in [1.82, 2.24) is 14.8 Å². The largest absolute Gasteiger partial charge is 0.497 e. The van der Waals surface area contributed by atoms with E-state index in [0.717, 1.165) is 10.9 Å². The van der Waals surface area contributed by atoms with Crippen molar-refractivity contribution < 1.29 is 19.1 Å². The van der Waals surface area contributed by atoms with Crippen LogP contribution in [0.3, 0.4) is 0 Å². The molecule has 1 aromatic carbocycles. The number of carbonyl (C=O) groups excluding carboxylic acids is 2. The van der Waals surface area contributed by atoms with Crippen LogP contribution in [0, 0.1) is 6.92 Å². The van der Waals surface area contributed by atoms with Crippen molar-refractivity contribution >= 4 is 28.6 Å². The first-order chi connectivity index (χ1) is 14.4. The number of esters is 1. The molecular formula is C21H22N4O5. The highest BCUT2D eigenvalue weighted by Crippen LogP contribution is 2.38. The number of rotatable bonds is 5. The quantitative estimate of drug-likeness (QED) is 0.622. The summed E-state index contributed by atoms with van der Waals surface area (Å²) >= 11 is 0. The zero-order chi connectivity index (χ0) is 21.4. The third kappa shape index (κ3) is 3.42. The molecule has 0 bridgehead atoms. The van der Waals surface area contributed by atoms with Crippen LogP contribution in [0.4, 0.5) is 5.82 Å². The van der Waals surface area contributed by atoms with Crippen molar-refractivity contribution in [1.29, 1.82) is 0 Å². The number of amides is 1. The lowest BCUT2D eigenvalue weighted by Gasteiger charge is -2.24. The second-order valence-electron chi connectivity index (χ2n) is 7.12. The highest BCUT2D eigenvalue weighted by Gasteiger charge is 2.34. The van der Waals surface area contributed by atoms with Gasteiger partial charge in [0, 0.05) is 34.4 Å². The molecule has 2 aromatic heterocycles. The molecule has 0 saturated carbocycles. The van der Waals surface area contributed by atoms with E-state index in [1.54, 1.807) is 39.2 Å². The van der Waals surface area contributed by atoms with E-state index in [9.17, 15) is 14.4 Å². The Morgan fingerprint density at radius 2 is 2.10 bits per heavy atom. The molecule has 9 heteroatoms. The number of anilines is 1. The fourth-order valence-electron chi connectivity index (χ4n) is 3.91. The molecule has 0 fully saturated rings. The zero-order valence-corrected chi connectivity index (χ0v) is 16.9. The standard InChI is InChI=1S/C21H22N4O5/c1-4-30-18(27)10-25-20-19(11(2)24-25)14(9-17(26)23-20)15-8-12-7-13(29-3)5-6-16(12)22-21(15)28/h5-8,14H,4,9-10H2,1-3H3,(H,22,28)(H,23,26).